The van der Waals surface area contributed by atoms with Crippen LogP contribution in [0.5, 0.6) is 0 Å². The molecule has 3 saturated carbocycles. The molecule has 5 atom stereocenters. The van der Waals surface area contributed by atoms with Gasteiger partial charge in [-0.05, 0) is 55.8 Å². The molecular weight excluding hydrogens is 210 g/mol. The van der Waals surface area contributed by atoms with E-state index < -0.39 is 0 Å². The fourth-order valence-corrected chi connectivity index (χ4v) is 5.07. The van der Waals surface area contributed by atoms with E-state index >= 15 is 0 Å². The topological polar surface area (TPSA) is 20.3 Å². The Kier molecular flexibility index (Phi) is 2.92. The van der Waals surface area contributed by atoms with E-state index in [-0.39, 0.29) is 0 Å². The van der Waals surface area contributed by atoms with Crippen LogP contribution in [0.3, 0.4) is 0 Å². The summed E-state index contributed by atoms with van der Waals surface area (Å²) in [5.41, 5.74) is 0. The lowest BCUT2D eigenvalue weighted by molar-refractivity contribution is -0.135. The molecule has 1 amide bonds. The normalized spacial score (nSPS) is 44.2. The minimum atomic E-state index is 0.362. The molecule has 3 aliphatic rings. The van der Waals surface area contributed by atoms with E-state index in [1.165, 1.54) is 38.5 Å². The van der Waals surface area contributed by atoms with Gasteiger partial charge in [0.25, 0.3) is 0 Å². The van der Waals surface area contributed by atoms with Crippen molar-refractivity contribution in [3.63, 3.8) is 0 Å². The highest BCUT2D eigenvalue weighted by molar-refractivity contribution is 5.79. The summed E-state index contributed by atoms with van der Waals surface area (Å²) in [5, 5.41) is 0. The largest absolute Gasteiger partial charge is 0.349 e. The van der Waals surface area contributed by atoms with Gasteiger partial charge in [0.05, 0.1) is 0 Å². The molecular formula is C15H25NO. The molecule has 3 aliphatic carbocycles. The lowest BCUT2D eigenvalue weighted by Crippen LogP contribution is -2.39. The Bertz CT molecular complexity index is 312. The van der Waals surface area contributed by atoms with Crippen molar-refractivity contribution in [1.29, 1.82) is 0 Å². The summed E-state index contributed by atoms with van der Waals surface area (Å²) in [6, 6.07) is 0. The van der Waals surface area contributed by atoms with E-state index in [1.807, 2.05) is 19.0 Å². The Labute approximate surface area is 105 Å². The van der Waals surface area contributed by atoms with Crippen molar-refractivity contribution in [2.45, 2.75) is 44.9 Å². The van der Waals surface area contributed by atoms with Crippen LogP contribution in [0, 0.1) is 29.6 Å². The summed E-state index contributed by atoms with van der Waals surface area (Å²) in [5.74, 6) is 4.25. The predicted octanol–water partition coefficient (Wildman–Crippen LogP) is 2.93. The van der Waals surface area contributed by atoms with Gasteiger partial charge in [-0.2, -0.15) is 0 Å². The summed E-state index contributed by atoms with van der Waals surface area (Å²) in [6.45, 7) is 0. The molecule has 0 aromatic heterocycles. The van der Waals surface area contributed by atoms with Crippen LogP contribution in [-0.2, 0) is 4.79 Å². The number of hydrogen-bond donors (Lipinski definition) is 0. The lowest BCUT2D eigenvalue weighted by Gasteiger charge is -2.39. The molecule has 2 heteroatoms. The summed E-state index contributed by atoms with van der Waals surface area (Å²) in [7, 11) is 3.84. The van der Waals surface area contributed by atoms with E-state index in [9.17, 15) is 4.79 Å². The Morgan fingerprint density at radius 2 is 1.65 bits per heavy atom. The molecule has 0 saturated heterocycles. The smallest absolute Gasteiger partial charge is 0.225 e. The van der Waals surface area contributed by atoms with Crippen LogP contribution in [0.1, 0.15) is 44.9 Å². The number of fused-ring (bicyclic) bond motifs is 3. The molecule has 0 aromatic carbocycles. The molecule has 0 bridgehead atoms. The zero-order chi connectivity index (χ0) is 12.0. The maximum absolute atomic E-state index is 12.3. The Hall–Kier alpha value is -0.530. The van der Waals surface area contributed by atoms with Crippen LogP contribution < -0.4 is 0 Å². The van der Waals surface area contributed by atoms with Crippen LogP contribution in [0.15, 0.2) is 0 Å². The van der Waals surface area contributed by atoms with Crippen LogP contribution in [0.4, 0.5) is 0 Å². The first-order valence-corrected chi connectivity index (χ1v) is 7.39. The van der Waals surface area contributed by atoms with Crippen molar-refractivity contribution in [1.82, 2.24) is 4.90 Å². The SMILES string of the molecule is CN(C)C(=O)C1CCC2CCC3CCCC3C21. The average Bonchev–Trinajstić information content (AvgIpc) is 2.92. The molecule has 0 N–H and O–H groups in total. The third-order valence-corrected chi connectivity index (χ3v) is 5.74. The highest BCUT2D eigenvalue weighted by Crippen LogP contribution is 2.56. The number of amides is 1. The molecule has 5 unspecified atom stereocenters. The Balaban J connectivity index is 1.81. The molecule has 17 heavy (non-hydrogen) atoms. The highest BCUT2D eigenvalue weighted by Gasteiger charge is 2.50. The van der Waals surface area contributed by atoms with Crippen molar-refractivity contribution < 1.29 is 4.79 Å². The molecule has 0 heterocycles. The van der Waals surface area contributed by atoms with Gasteiger partial charge in [-0.15, -0.1) is 0 Å². The van der Waals surface area contributed by atoms with Gasteiger partial charge < -0.3 is 4.90 Å². The molecule has 0 radical (unpaired) electrons. The third kappa shape index (κ3) is 1.80. The van der Waals surface area contributed by atoms with E-state index in [1.54, 1.807) is 0 Å². The fourth-order valence-electron chi connectivity index (χ4n) is 5.07. The standard InChI is InChI=1S/C15H25NO/c1-16(2)15(17)13-9-8-11-7-6-10-4-3-5-12(10)14(11)13/h10-14H,3-9H2,1-2H3. The quantitative estimate of drug-likeness (QED) is 0.684. The van der Waals surface area contributed by atoms with Gasteiger partial charge in [0.1, 0.15) is 0 Å². The number of carbonyl (C=O) groups excluding carboxylic acids is 1. The van der Waals surface area contributed by atoms with E-state index in [0.29, 0.717) is 11.8 Å². The molecule has 0 aliphatic heterocycles. The first-order chi connectivity index (χ1) is 8.18. The van der Waals surface area contributed by atoms with Crippen LogP contribution >= 0.6 is 0 Å². The summed E-state index contributed by atoms with van der Waals surface area (Å²) in [4.78, 5) is 14.1. The van der Waals surface area contributed by atoms with Crippen LogP contribution in [0.25, 0.3) is 0 Å². The van der Waals surface area contributed by atoms with E-state index in [4.69, 9.17) is 0 Å². The first kappa shape index (κ1) is 11.6. The second kappa shape index (κ2) is 4.29. The van der Waals surface area contributed by atoms with Gasteiger partial charge in [-0.1, -0.05) is 12.8 Å². The van der Waals surface area contributed by atoms with Crippen molar-refractivity contribution in [2.75, 3.05) is 14.1 Å². The minimum Gasteiger partial charge on any atom is -0.349 e. The molecule has 96 valence electrons. The molecule has 0 spiro atoms. The predicted molar refractivity (Wildman–Crippen MR) is 68.5 cm³/mol. The number of rotatable bonds is 1. The molecule has 3 fully saturated rings. The summed E-state index contributed by atoms with van der Waals surface area (Å²) < 4.78 is 0. The van der Waals surface area contributed by atoms with Gasteiger partial charge in [0, 0.05) is 20.0 Å². The van der Waals surface area contributed by atoms with Crippen molar-refractivity contribution in [2.24, 2.45) is 29.6 Å². The second-order valence-electron chi connectivity index (χ2n) is 6.69. The molecule has 2 nitrogen and oxygen atoms in total. The zero-order valence-electron chi connectivity index (χ0n) is 11.2. The van der Waals surface area contributed by atoms with Gasteiger partial charge >= 0.3 is 0 Å². The number of hydrogen-bond acceptors (Lipinski definition) is 1. The van der Waals surface area contributed by atoms with Crippen molar-refractivity contribution in [3.05, 3.63) is 0 Å². The number of nitrogens with zero attached hydrogens (tertiary/aromatic N) is 1. The van der Waals surface area contributed by atoms with E-state index in [2.05, 4.69) is 0 Å². The van der Waals surface area contributed by atoms with Crippen molar-refractivity contribution in [3.8, 4) is 0 Å². The van der Waals surface area contributed by atoms with Crippen molar-refractivity contribution >= 4 is 5.91 Å². The Morgan fingerprint density at radius 3 is 2.41 bits per heavy atom. The average molecular weight is 235 g/mol. The Morgan fingerprint density at radius 1 is 0.941 bits per heavy atom. The molecule has 3 rings (SSSR count). The van der Waals surface area contributed by atoms with Gasteiger partial charge in [0.15, 0.2) is 0 Å². The van der Waals surface area contributed by atoms with Crippen LogP contribution in [-0.4, -0.2) is 24.9 Å². The van der Waals surface area contributed by atoms with E-state index in [0.717, 1.165) is 30.1 Å². The second-order valence-corrected chi connectivity index (χ2v) is 6.69. The maximum Gasteiger partial charge on any atom is 0.225 e. The van der Waals surface area contributed by atoms with Gasteiger partial charge in [-0.3, -0.25) is 4.79 Å². The lowest BCUT2D eigenvalue weighted by atomic mass is 9.66. The number of carbonyl (C=O) groups is 1. The summed E-state index contributed by atoms with van der Waals surface area (Å²) in [6.07, 6.45) is 9.60. The fraction of sp³-hybridized carbons (Fsp3) is 0.933. The minimum absolute atomic E-state index is 0.362. The first-order valence-electron chi connectivity index (χ1n) is 7.39. The maximum atomic E-state index is 12.3. The molecule has 0 aromatic rings. The van der Waals surface area contributed by atoms with Crippen LogP contribution in [0.2, 0.25) is 0 Å². The summed E-state index contributed by atoms with van der Waals surface area (Å²) >= 11 is 0. The van der Waals surface area contributed by atoms with Gasteiger partial charge in [-0.25, -0.2) is 0 Å². The monoisotopic (exact) mass is 235 g/mol. The highest BCUT2D eigenvalue weighted by atomic mass is 16.2. The zero-order valence-corrected chi connectivity index (χ0v) is 11.2. The third-order valence-electron chi connectivity index (χ3n) is 5.74. The van der Waals surface area contributed by atoms with Gasteiger partial charge in [0.2, 0.25) is 5.91 Å².